The zero-order valence-corrected chi connectivity index (χ0v) is 15.7. The highest BCUT2D eigenvalue weighted by molar-refractivity contribution is 6.31. The summed E-state index contributed by atoms with van der Waals surface area (Å²) in [5.74, 6) is 0.675. The lowest BCUT2D eigenvalue weighted by molar-refractivity contribution is 0.129. The molecule has 1 aliphatic heterocycles. The topological polar surface area (TPSA) is 61.6 Å². The van der Waals surface area contributed by atoms with Crippen molar-refractivity contribution in [2.45, 2.75) is 13.1 Å². The van der Waals surface area contributed by atoms with E-state index >= 15 is 0 Å². The number of carbonyl (C=O) groups excluding carboxylic acids is 1. The zero-order chi connectivity index (χ0) is 18.6. The van der Waals surface area contributed by atoms with Gasteiger partial charge in [0.15, 0.2) is 5.58 Å². The van der Waals surface area contributed by atoms with Gasteiger partial charge in [0.1, 0.15) is 5.52 Å². The SMILES string of the molecule is O=C(NCc1ccccc1)N1CCN(Cc2nc3ccc(Cl)cc3o2)CC1. The summed E-state index contributed by atoms with van der Waals surface area (Å²) in [6.07, 6.45) is 0. The molecule has 3 aromatic rings. The number of benzene rings is 2. The molecule has 1 fully saturated rings. The lowest BCUT2D eigenvalue weighted by Gasteiger charge is -2.34. The van der Waals surface area contributed by atoms with E-state index in [2.05, 4.69) is 15.2 Å². The minimum Gasteiger partial charge on any atom is -0.439 e. The molecule has 6 nitrogen and oxygen atoms in total. The smallest absolute Gasteiger partial charge is 0.317 e. The van der Waals surface area contributed by atoms with Gasteiger partial charge in [-0.1, -0.05) is 41.9 Å². The fourth-order valence-corrected chi connectivity index (χ4v) is 3.36. The molecule has 1 N–H and O–H groups in total. The fourth-order valence-electron chi connectivity index (χ4n) is 3.20. The normalized spacial score (nSPS) is 15.2. The van der Waals surface area contributed by atoms with Crippen LogP contribution < -0.4 is 5.32 Å². The van der Waals surface area contributed by atoms with Crippen molar-refractivity contribution >= 4 is 28.7 Å². The molecule has 0 spiro atoms. The van der Waals surface area contributed by atoms with Crippen LogP contribution in [0.15, 0.2) is 52.9 Å². The molecule has 7 heteroatoms. The first-order valence-corrected chi connectivity index (χ1v) is 9.39. The predicted octanol–water partition coefficient (Wildman–Crippen LogP) is 3.51. The van der Waals surface area contributed by atoms with Crippen LogP contribution in [0.2, 0.25) is 5.02 Å². The molecule has 1 saturated heterocycles. The number of piperazine rings is 1. The highest BCUT2D eigenvalue weighted by atomic mass is 35.5. The maximum atomic E-state index is 12.3. The Morgan fingerprint density at radius 1 is 1.11 bits per heavy atom. The van der Waals surface area contributed by atoms with Crippen LogP contribution in [-0.4, -0.2) is 47.0 Å². The van der Waals surface area contributed by atoms with Crippen LogP contribution in [0.1, 0.15) is 11.5 Å². The van der Waals surface area contributed by atoms with Crippen LogP contribution in [0.5, 0.6) is 0 Å². The van der Waals surface area contributed by atoms with Crippen molar-refractivity contribution in [3.8, 4) is 0 Å². The molecule has 0 aliphatic carbocycles. The molecular formula is C20H21ClN4O2. The molecule has 1 aliphatic rings. The second-order valence-electron chi connectivity index (χ2n) is 6.63. The molecule has 140 valence electrons. The monoisotopic (exact) mass is 384 g/mol. The molecule has 2 aromatic carbocycles. The zero-order valence-electron chi connectivity index (χ0n) is 14.9. The summed E-state index contributed by atoms with van der Waals surface area (Å²) in [4.78, 5) is 20.9. The number of carbonyl (C=O) groups is 1. The Morgan fingerprint density at radius 2 is 1.89 bits per heavy atom. The summed E-state index contributed by atoms with van der Waals surface area (Å²) in [5.41, 5.74) is 2.62. The van der Waals surface area contributed by atoms with Crippen LogP contribution in [0.25, 0.3) is 11.1 Å². The highest BCUT2D eigenvalue weighted by Gasteiger charge is 2.22. The molecule has 2 heterocycles. The van der Waals surface area contributed by atoms with Crippen LogP contribution in [0.3, 0.4) is 0 Å². The highest BCUT2D eigenvalue weighted by Crippen LogP contribution is 2.21. The van der Waals surface area contributed by atoms with Crippen LogP contribution in [0, 0.1) is 0 Å². The average Bonchev–Trinajstić information content (AvgIpc) is 3.09. The Kier molecular flexibility index (Phi) is 5.27. The molecule has 1 aromatic heterocycles. The molecule has 0 bridgehead atoms. The third kappa shape index (κ3) is 4.40. The van der Waals surface area contributed by atoms with Gasteiger partial charge in [0.05, 0.1) is 6.54 Å². The number of nitrogens with one attached hydrogen (secondary N) is 1. The number of aromatic nitrogens is 1. The van der Waals surface area contributed by atoms with E-state index in [1.807, 2.05) is 47.4 Å². The van der Waals surface area contributed by atoms with E-state index in [0.29, 0.717) is 42.7 Å². The third-order valence-corrected chi connectivity index (χ3v) is 4.93. The summed E-state index contributed by atoms with van der Waals surface area (Å²) < 4.78 is 5.78. The lowest BCUT2D eigenvalue weighted by Crippen LogP contribution is -2.51. The number of rotatable bonds is 4. The van der Waals surface area contributed by atoms with Gasteiger partial charge >= 0.3 is 6.03 Å². The summed E-state index contributed by atoms with van der Waals surface area (Å²) in [7, 11) is 0. The second-order valence-corrected chi connectivity index (χ2v) is 7.06. The molecule has 0 atom stereocenters. The molecule has 0 radical (unpaired) electrons. The first-order valence-electron chi connectivity index (χ1n) is 9.01. The lowest BCUT2D eigenvalue weighted by atomic mass is 10.2. The minimum atomic E-state index is -0.0185. The van der Waals surface area contributed by atoms with Gasteiger partial charge in [0.2, 0.25) is 5.89 Å². The van der Waals surface area contributed by atoms with Gasteiger partial charge in [-0.2, -0.15) is 0 Å². The predicted molar refractivity (Wildman–Crippen MR) is 105 cm³/mol. The van der Waals surface area contributed by atoms with Gasteiger partial charge < -0.3 is 14.6 Å². The maximum absolute atomic E-state index is 12.3. The van der Waals surface area contributed by atoms with Gasteiger partial charge in [0.25, 0.3) is 0 Å². The van der Waals surface area contributed by atoms with E-state index in [1.165, 1.54) is 0 Å². The van der Waals surface area contributed by atoms with Gasteiger partial charge in [-0.15, -0.1) is 0 Å². The number of urea groups is 1. The van der Waals surface area contributed by atoms with E-state index in [1.54, 1.807) is 6.07 Å². The standard InChI is InChI=1S/C20H21ClN4O2/c21-16-6-7-17-18(12-16)27-19(23-17)14-24-8-10-25(11-9-24)20(26)22-13-15-4-2-1-3-5-15/h1-7,12H,8-11,13-14H2,(H,22,26). The number of amides is 2. The van der Waals surface area contributed by atoms with Gasteiger partial charge in [-0.3, -0.25) is 4.90 Å². The van der Waals surface area contributed by atoms with Crippen molar-refractivity contribution in [1.29, 1.82) is 0 Å². The van der Waals surface area contributed by atoms with Crippen molar-refractivity contribution in [3.63, 3.8) is 0 Å². The second kappa shape index (κ2) is 7.98. The number of nitrogens with zero attached hydrogens (tertiary/aromatic N) is 3. The van der Waals surface area contributed by atoms with Crippen molar-refractivity contribution in [2.24, 2.45) is 0 Å². The van der Waals surface area contributed by atoms with Crippen molar-refractivity contribution < 1.29 is 9.21 Å². The summed E-state index contributed by atoms with van der Waals surface area (Å²) in [5, 5.41) is 3.62. The molecule has 0 saturated carbocycles. The molecular weight excluding hydrogens is 364 g/mol. The van der Waals surface area contributed by atoms with E-state index in [4.69, 9.17) is 16.0 Å². The first-order chi connectivity index (χ1) is 13.2. The van der Waals surface area contributed by atoms with Crippen molar-refractivity contribution in [1.82, 2.24) is 20.1 Å². The Hall–Kier alpha value is -2.57. The molecule has 27 heavy (non-hydrogen) atoms. The van der Waals surface area contributed by atoms with Gasteiger partial charge in [0, 0.05) is 43.8 Å². The van der Waals surface area contributed by atoms with E-state index in [0.717, 1.165) is 24.2 Å². The summed E-state index contributed by atoms with van der Waals surface area (Å²) in [6.45, 7) is 4.13. The van der Waals surface area contributed by atoms with Crippen molar-refractivity contribution in [3.05, 3.63) is 65.0 Å². The molecule has 4 rings (SSSR count). The van der Waals surface area contributed by atoms with E-state index in [-0.39, 0.29) is 6.03 Å². The van der Waals surface area contributed by atoms with Gasteiger partial charge in [-0.05, 0) is 17.7 Å². The maximum Gasteiger partial charge on any atom is 0.317 e. The third-order valence-electron chi connectivity index (χ3n) is 4.70. The largest absolute Gasteiger partial charge is 0.439 e. The first kappa shape index (κ1) is 17.8. The fraction of sp³-hybridized carbons (Fsp3) is 0.300. The summed E-state index contributed by atoms with van der Waals surface area (Å²) in [6, 6.07) is 15.4. The Labute approximate surface area is 162 Å². The summed E-state index contributed by atoms with van der Waals surface area (Å²) >= 11 is 5.99. The van der Waals surface area contributed by atoms with Crippen LogP contribution >= 0.6 is 11.6 Å². The molecule has 0 unspecified atom stereocenters. The number of fused-ring (bicyclic) bond motifs is 1. The molecule has 2 amide bonds. The van der Waals surface area contributed by atoms with Crippen molar-refractivity contribution in [2.75, 3.05) is 26.2 Å². The average molecular weight is 385 g/mol. The van der Waals surface area contributed by atoms with Crippen LogP contribution in [-0.2, 0) is 13.1 Å². The minimum absolute atomic E-state index is 0.0185. The number of oxazole rings is 1. The Balaban J connectivity index is 1.27. The number of hydrogen-bond donors (Lipinski definition) is 1. The Morgan fingerprint density at radius 3 is 2.67 bits per heavy atom. The van der Waals surface area contributed by atoms with E-state index < -0.39 is 0 Å². The number of halogens is 1. The van der Waals surface area contributed by atoms with Crippen LogP contribution in [0.4, 0.5) is 4.79 Å². The van der Waals surface area contributed by atoms with Gasteiger partial charge in [-0.25, -0.2) is 9.78 Å². The number of hydrogen-bond acceptors (Lipinski definition) is 4. The van der Waals surface area contributed by atoms with E-state index in [9.17, 15) is 4.79 Å². The quantitative estimate of drug-likeness (QED) is 0.747. The Bertz CT molecular complexity index is 920.